The molecular weight excluding hydrogens is 714 g/mol. The Morgan fingerprint density at radius 2 is 1.76 bits per heavy atom. The van der Waals surface area contributed by atoms with Gasteiger partial charge in [-0.3, -0.25) is 4.79 Å². The van der Waals surface area contributed by atoms with Crippen LogP contribution in [0.25, 0.3) is 0 Å². The number of benzene rings is 3. The largest absolute Gasteiger partial charge is 0.493 e. The van der Waals surface area contributed by atoms with Gasteiger partial charge in [-0.25, -0.2) is 19.4 Å². The molecule has 1 aliphatic heterocycles. The predicted octanol–water partition coefficient (Wildman–Crippen LogP) is 4.75. The molecule has 1 heterocycles. The summed E-state index contributed by atoms with van der Waals surface area (Å²) in [6, 6.07) is 13.1. The normalized spacial score (nSPS) is 14.3. The van der Waals surface area contributed by atoms with Crippen LogP contribution in [0.2, 0.25) is 0 Å². The number of urea groups is 1. The van der Waals surface area contributed by atoms with Crippen molar-refractivity contribution in [2.45, 2.75) is 26.5 Å². The van der Waals surface area contributed by atoms with Crippen LogP contribution in [0, 0.1) is 9.39 Å². The number of allylic oxidation sites excluding steroid dienone is 1. The van der Waals surface area contributed by atoms with Crippen molar-refractivity contribution >= 4 is 46.7 Å². The number of methoxy groups -OCH3 is 2. The molecule has 0 unspecified atom stereocenters. The monoisotopic (exact) mass is 746 g/mol. The summed E-state index contributed by atoms with van der Waals surface area (Å²) in [4.78, 5) is 37.3. The fourth-order valence-corrected chi connectivity index (χ4v) is 5.23. The van der Waals surface area contributed by atoms with Crippen molar-refractivity contribution in [3.63, 3.8) is 0 Å². The molecule has 3 amide bonds. The predicted molar refractivity (Wildman–Crippen MR) is 174 cm³/mol. The molecule has 0 spiro atoms. The maximum Gasteiger partial charge on any atom is 0.338 e. The Morgan fingerprint density at radius 1 is 1.02 bits per heavy atom. The fourth-order valence-electron chi connectivity index (χ4n) is 4.45. The summed E-state index contributed by atoms with van der Waals surface area (Å²) in [5.74, 6) is 0.116. The molecule has 0 saturated heterocycles. The second-order valence-electron chi connectivity index (χ2n) is 9.73. The Balaban J connectivity index is 1.37. The molecule has 1 atom stereocenters. The lowest BCUT2D eigenvalue weighted by Crippen LogP contribution is -2.45. The number of hydrazone groups is 1. The molecule has 0 bridgehead atoms. The first kappa shape index (κ1) is 34.0. The number of carbonyl (C=O) groups excluding carboxylic acids is 3. The Kier molecular flexibility index (Phi) is 11.8. The number of hydrogen-bond donors (Lipinski definition) is 3. The van der Waals surface area contributed by atoms with Crippen molar-refractivity contribution in [2.75, 3.05) is 27.4 Å². The van der Waals surface area contributed by atoms with E-state index in [1.165, 1.54) is 32.6 Å². The highest BCUT2D eigenvalue weighted by Gasteiger charge is 2.32. The van der Waals surface area contributed by atoms with Gasteiger partial charge in [-0.1, -0.05) is 18.2 Å². The smallest absolute Gasteiger partial charge is 0.338 e. The average molecular weight is 747 g/mol. The van der Waals surface area contributed by atoms with E-state index in [-0.39, 0.29) is 42.7 Å². The van der Waals surface area contributed by atoms with Crippen molar-refractivity contribution < 1.29 is 42.5 Å². The number of halogens is 2. The van der Waals surface area contributed by atoms with Gasteiger partial charge < -0.3 is 34.3 Å². The Morgan fingerprint density at radius 3 is 2.46 bits per heavy atom. The lowest BCUT2D eigenvalue weighted by molar-refractivity contribution is -0.139. The zero-order valence-electron chi connectivity index (χ0n) is 25.4. The van der Waals surface area contributed by atoms with E-state index in [0.29, 0.717) is 28.3 Å². The molecule has 14 heteroatoms. The summed E-state index contributed by atoms with van der Waals surface area (Å²) in [6.45, 7) is 3.34. The highest BCUT2D eigenvalue weighted by molar-refractivity contribution is 14.1. The van der Waals surface area contributed by atoms with Gasteiger partial charge in [0.15, 0.2) is 29.6 Å². The number of carbonyl (C=O) groups is 3. The summed E-state index contributed by atoms with van der Waals surface area (Å²) in [5, 5.41) is 9.32. The molecule has 0 radical (unpaired) electrons. The van der Waals surface area contributed by atoms with Gasteiger partial charge in [0.05, 0.1) is 42.2 Å². The van der Waals surface area contributed by atoms with Crippen LogP contribution in [0.15, 0.2) is 71.0 Å². The molecule has 3 N–H and O–H groups in total. The summed E-state index contributed by atoms with van der Waals surface area (Å²) < 4.78 is 41.6. The third-order valence-corrected chi connectivity index (χ3v) is 7.40. The maximum atomic E-state index is 13.2. The second-order valence-corrected chi connectivity index (χ2v) is 10.9. The molecule has 3 aromatic rings. The molecule has 0 fully saturated rings. The van der Waals surface area contributed by atoms with Gasteiger partial charge in [-0.15, -0.1) is 0 Å². The molecule has 1 aliphatic rings. The molecule has 242 valence electrons. The van der Waals surface area contributed by atoms with Crippen LogP contribution in [0.5, 0.6) is 23.0 Å². The van der Waals surface area contributed by atoms with Gasteiger partial charge in [0.2, 0.25) is 0 Å². The van der Waals surface area contributed by atoms with Crippen LogP contribution in [0.1, 0.15) is 36.6 Å². The van der Waals surface area contributed by atoms with Crippen LogP contribution < -0.4 is 35.0 Å². The summed E-state index contributed by atoms with van der Waals surface area (Å²) in [7, 11) is 2.94. The van der Waals surface area contributed by atoms with Gasteiger partial charge in [0.25, 0.3) is 5.91 Å². The lowest BCUT2D eigenvalue weighted by Gasteiger charge is -2.28. The molecular formula is C32H32FIN4O8. The summed E-state index contributed by atoms with van der Waals surface area (Å²) in [5.41, 5.74) is 5.04. The first-order valence-electron chi connectivity index (χ1n) is 14.0. The third-order valence-electron chi connectivity index (χ3n) is 6.60. The SMILES string of the molecule is CCOC(=O)C1=C(C)NC(=O)N[C@@H]1c1ccc(OCC(=O)N/N=C\c2cc(I)c(OCc3ccc(F)cc3)c(OC)c2)c(OC)c1. The average Bonchev–Trinajstić information content (AvgIpc) is 3.03. The number of ether oxygens (including phenoxy) is 5. The van der Waals surface area contributed by atoms with Crippen LogP contribution in [0.3, 0.4) is 0 Å². The molecule has 3 aromatic carbocycles. The van der Waals surface area contributed by atoms with E-state index in [0.717, 1.165) is 9.13 Å². The minimum absolute atomic E-state index is 0.174. The quantitative estimate of drug-likeness (QED) is 0.0985. The van der Waals surface area contributed by atoms with E-state index >= 15 is 0 Å². The highest BCUT2D eigenvalue weighted by Crippen LogP contribution is 2.35. The van der Waals surface area contributed by atoms with Crippen molar-refractivity contribution in [1.29, 1.82) is 0 Å². The van der Waals surface area contributed by atoms with Gasteiger partial charge in [0.1, 0.15) is 12.4 Å². The molecule has 4 rings (SSSR count). The number of nitrogens with one attached hydrogen (secondary N) is 3. The number of nitrogens with zero attached hydrogens (tertiary/aromatic N) is 1. The van der Waals surface area contributed by atoms with E-state index in [2.05, 4.69) is 43.8 Å². The van der Waals surface area contributed by atoms with Crippen molar-refractivity contribution in [3.8, 4) is 23.0 Å². The maximum absolute atomic E-state index is 13.2. The van der Waals surface area contributed by atoms with Crippen molar-refractivity contribution in [3.05, 3.63) is 91.9 Å². The van der Waals surface area contributed by atoms with Gasteiger partial charge in [-0.2, -0.15) is 5.10 Å². The van der Waals surface area contributed by atoms with Gasteiger partial charge in [0, 0.05) is 5.70 Å². The van der Waals surface area contributed by atoms with Crippen LogP contribution in [0.4, 0.5) is 9.18 Å². The van der Waals surface area contributed by atoms with Crippen LogP contribution in [-0.2, 0) is 20.9 Å². The number of hydrogen-bond acceptors (Lipinski definition) is 9. The van der Waals surface area contributed by atoms with Crippen LogP contribution >= 0.6 is 22.6 Å². The number of amides is 3. The summed E-state index contributed by atoms with van der Waals surface area (Å²) in [6.07, 6.45) is 1.45. The zero-order valence-corrected chi connectivity index (χ0v) is 27.6. The first-order chi connectivity index (χ1) is 22.1. The standard InChI is InChI=1S/C32H32FIN4O8/c1-5-44-31(40)28-18(2)36-32(41)37-29(28)21-8-11-24(25(14-21)42-3)45-17-27(39)38-35-15-20-12-23(34)30(26(13-20)43-4)46-16-19-6-9-22(33)10-7-19/h6-15,29H,5,16-17H2,1-4H3,(H,38,39)(H2,36,37,41)/b35-15-/t29-/m1/s1. The molecule has 0 aliphatic carbocycles. The first-order valence-corrected chi connectivity index (χ1v) is 15.0. The molecule has 46 heavy (non-hydrogen) atoms. The van der Waals surface area contributed by atoms with Gasteiger partial charge >= 0.3 is 12.0 Å². The van der Waals surface area contributed by atoms with Gasteiger partial charge in [-0.05, 0) is 89.5 Å². The van der Waals surface area contributed by atoms with Crippen molar-refractivity contribution in [1.82, 2.24) is 16.1 Å². The third kappa shape index (κ3) is 8.65. The molecule has 0 saturated carbocycles. The molecule has 0 aromatic heterocycles. The fraction of sp³-hybridized carbons (Fsp3) is 0.250. The van der Waals surface area contributed by atoms with E-state index in [1.54, 1.807) is 56.3 Å². The van der Waals surface area contributed by atoms with Crippen molar-refractivity contribution in [2.24, 2.45) is 5.10 Å². The van der Waals surface area contributed by atoms with E-state index in [9.17, 15) is 18.8 Å². The van der Waals surface area contributed by atoms with E-state index in [4.69, 9.17) is 23.7 Å². The summed E-state index contributed by atoms with van der Waals surface area (Å²) >= 11 is 2.11. The minimum Gasteiger partial charge on any atom is -0.493 e. The zero-order chi connectivity index (χ0) is 33.2. The topological polar surface area (TPSA) is 146 Å². The Bertz CT molecular complexity index is 1660. The number of rotatable bonds is 13. The lowest BCUT2D eigenvalue weighted by atomic mass is 9.95. The Labute approximate surface area is 278 Å². The second kappa shape index (κ2) is 15.9. The Hall–Kier alpha value is -4.86. The minimum atomic E-state index is -0.787. The highest BCUT2D eigenvalue weighted by atomic mass is 127. The van der Waals surface area contributed by atoms with Crippen LogP contribution in [-0.4, -0.2) is 51.6 Å². The van der Waals surface area contributed by atoms with E-state index < -0.39 is 23.9 Å². The number of esters is 1. The molecule has 12 nitrogen and oxygen atoms in total. The van der Waals surface area contributed by atoms with E-state index in [1.807, 2.05) is 0 Å².